The zero-order valence-corrected chi connectivity index (χ0v) is 16.3. The summed E-state index contributed by atoms with van der Waals surface area (Å²) in [6.45, 7) is 0.850. The van der Waals surface area contributed by atoms with Crippen molar-refractivity contribution in [2.75, 3.05) is 13.7 Å². The number of halogens is 3. The van der Waals surface area contributed by atoms with Crippen molar-refractivity contribution in [2.24, 2.45) is 0 Å². The van der Waals surface area contributed by atoms with Crippen LogP contribution in [0.25, 0.3) is 22.2 Å². The average molecular weight is 418 g/mol. The van der Waals surface area contributed by atoms with Crippen LogP contribution in [0.5, 0.6) is 0 Å². The molecule has 1 saturated carbocycles. The van der Waals surface area contributed by atoms with Gasteiger partial charge < -0.3 is 9.64 Å². The fourth-order valence-corrected chi connectivity index (χ4v) is 3.47. The standard InChI is InChI=1S/C21H21F3N4O2/c1-30-16(10-27(12-29)15-3-4-15)11-28-20-7-14(8-25-19(20)9-26-28)13-2-5-18(22)17(6-13)21(23)24/h2,5-9,12,15-16,21H,3-4,10-11H2,1H3. The fourth-order valence-electron chi connectivity index (χ4n) is 3.47. The van der Waals surface area contributed by atoms with Crippen molar-refractivity contribution in [1.29, 1.82) is 0 Å². The molecule has 2 heterocycles. The molecule has 6 nitrogen and oxygen atoms in total. The molecule has 0 bridgehead atoms. The number of carbonyl (C=O) groups is 1. The topological polar surface area (TPSA) is 60.2 Å². The third-order valence-electron chi connectivity index (χ3n) is 5.33. The lowest BCUT2D eigenvalue weighted by Crippen LogP contribution is -2.36. The number of ether oxygens (including phenoxy) is 1. The number of methoxy groups -OCH3 is 1. The van der Waals surface area contributed by atoms with Crippen LogP contribution in [0.2, 0.25) is 0 Å². The van der Waals surface area contributed by atoms with Gasteiger partial charge in [0, 0.05) is 31.5 Å². The number of hydrogen-bond donors (Lipinski definition) is 0. The van der Waals surface area contributed by atoms with Gasteiger partial charge in [-0.05, 0) is 36.6 Å². The van der Waals surface area contributed by atoms with Crippen LogP contribution in [-0.2, 0) is 16.1 Å². The number of hydrogen-bond acceptors (Lipinski definition) is 4. The molecule has 4 rings (SSSR count). The molecule has 1 aliphatic carbocycles. The summed E-state index contributed by atoms with van der Waals surface area (Å²) in [5.41, 5.74) is 1.71. The summed E-state index contributed by atoms with van der Waals surface area (Å²) in [5.74, 6) is -0.939. The summed E-state index contributed by atoms with van der Waals surface area (Å²) in [6.07, 6.45) is 2.85. The third-order valence-corrected chi connectivity index (χ3v) is 5.33. The van der Waals surface area contributed by atoms with E-state index in [0.717, 1.165) is 31.4 Å². The van der Waals surface area contributed by atoms with E-state index in [1.807, 2.05) is 0 Å². The Morgan fingerprint density at radius 1 is 1.27 bits per heavy atom. The van der Waals surface area contributed by atoms with E-state index in [-0.39, 0.29) is 12.1 Å². The number of benzene rings is 1. The SMILES string of the molecule is COC(CN(C=O)C1CC1)Cn1ncc2ncc(-c3ccc(F)c(C(F)F)c3)cc21. The van der Waals surface area contributed by atoms with Gasteiger partial charge in [0.1, 0.15) is 11.3 Å². The normalized spacial score (nSPS) is 15.0. The van der Waals surface area contributed by atoms with Crippen molar-refractivity contribution < 1.29 is 22.7 Å². The van der Waals surface area contributed by atoms with E-state index < -0.39 is 17.8 Å². The van der Waals surface area contributed by atoms with E-state index in [9.17, 15) is 18.0 Å². The molecule has 1 fully saturated rings. The van der Waals surface area contributed by atoms with Gasteiger partial charge in [0.25, 0.3) is 6.43 Å². The summed E-state index contributed by atoms with van der Waals surface area (Å²) < 4.78 is 47.0. The molecular weight excluding hydrogens is 397 g/mol. The van der Waals surface area contributed by atoms with E-state index in [1.54, 1.807) is 35.2 Å². The van der Waals surface area contributed by atoms with Gasteiger partial charge in [-0.15, -0.1) is 0 Å². The third kappa shape index (κ3) is 4.16. The minimum atomic E-state index is -2.90. The first-order chi connectivity index (χ1) is 14.5. The largest absolute Gasteiger partial charge is 0.378 e. The van der Waals surface area contributed by atoms with Gasteiger partial charge in [0.05, 0.1) is 29.9 Å². The van der Waals surface area contributed by atoms with Crippen LogP contribution in [0.3, 0.4) is 0 Å². The summed E-state index contributed by atoms with van der Waals surface area (Å²) in [4.78, 5) is 17.4. The monoisotopic (exact) mass is 418 g/mol. The maximum absolute atomic E-state index is 13.6. The summed E-state index contributed by atoms with van der Waals surface area (Å²) >= 11 is 0. The van der Waals surface area contributed by atoms with Gasteiger partial charge in [-0.1, -0.05) is 6.07 Å². The summed E-state index contributed by atoms with van der Waals surface area (Å²) in [7, 11) is 1.58. The predicted octanol–water partition coefficient (Wildman–Crippen LogP) is 3.81. The number of amides is 1. The highest BCUT2D eigenvalue weighted by molar-refractivity contribution is 5.80. The smallest absolute Gasteiger partial charge is 0.266 e. The Morgan fingerprint density at radius 2 is 2.07 bits per heavy atom. The van der Waals surface area contributed by atoms with E-state index in [1.165, 1.54) is 6.07 Å². The molecule has 0 aliphatic heterocycles. The van der Waals surface area contributed by atoms with E-state index >= 15 is 0 Å². The molecule has 3 aromatic rings. The van der Waals surface area contributed by atoms with Crippen LogP contribution in [0.1, 0.15) is 24.8 Å². The minimum Gasteiger partial charge on any atom is -0.378 e. The Labute approximate surface area is 171 Å². The Hall–Kier alpha value is -2.94. The second-order valence-electron chi connectivity index (χ2n) is 7.38. The molecule has 0 N–H and O–H groups in total. The minimum absolute atomic E-state index is 0.265. The molecule has 30 heavy (non-hydrogen) atoms. The van der Waals surface area contributed by atoms with Crippen molar-refractivity contribution in [3.05, 3.63) is 48.0 Å². The quantitative estimate of drug-likeness (QED) is 0.496. The van der Waals surface area contributed by atoms with Crippen LogP contribution in [0.15, 0.2) is 36.7 Å². The van der Waals surface area contributed by atoms with Gasteiger partial charge in [-0.2, -0.15) is 5.10 Å². The first-order valence-corrected chi connectivity index (χ1v) is 9.63. The van der Waals surface area contributed by atoms with Gasteiger partial charge in [0.15, 0.2) is 0 Å². The molecule has 1 atom stereocenters. The van der Waals surface area contributed by atoms with Gasteiger partial charge >= 0.3 is 0 Å². The number of alkyl halides is 2. The van der Waals surface area contributed by atoms with E-state index in [0.29, 0.717) is 35.2 Å². The number of pyridine rings is 1. The van der Waals surface area contributed by atoms with E-state index in [4.69, 9.17) is 4.74 Å². The number of fused-ring (bicyclic) bond motifs is 1. The number of rotatable bonds is 9. The molecule has 0 radical (unpaired) electrons. The maximum atomic E-state index is 13.6. The van der Waals surface area contributed by atoms with E-state index in [2.05, 4.69) is 10.1 Å². The fraction of sp³-hybridized carbons (Fsp3) is 0.381. The molecule has 158 valence electrons. The second-order valence-corrected chi connectivity index (χ2v) is 7.38. The van der Waals surface area contributed by atoms with Crippen LogP contribution in [0.4, 0.5) is 13.2 Å². The van der Waals surface area contributed by atoms with Crippen LogP contribution < -0.4 is 0 Å². The zero-order chi connectivity index (χ0) is 21.3. The summed E-state index contributed by atoms with van der Waals surface area (Å²) in [6, 6.07) is 5.68. The Kier molecular flexibility index (Phi) is 5.72. The van der Waals surface area contributed by atoms with Crippen molar-refractivity contribution in [3.8, 4) is 11.1 Å². The lowest BCUT2D eigenvalue weighted by molar-refractivity contribution is -0.120. The summed E-state index contributed by atoms with van der Waals surface area (Å²) in [5, 5.41) is 4.36. The molecule has 1 aliphatic rings. The van der Waals surface area contributed by atoms with Crippen LogP contribution in [-0.4, -0.2) is 51.9 Å². The average Bonchev–Trinajstić information content (AvgIpc) is 3.52. The molecule has 1 aromatic carbocycles. The Bertz CT molecular complexity index is 1050. The second kappa shape index (κ2) is 8.43. The molecule has 0 saturated heterocycles. The maximum Gasteiger partial charge on any atom is 0.266 e. The molecule has 0 spiro atoms. The van der Waals surface area contributed by atoms with Crippen molar-refractivity contribution in [3.63, 3.8) is 0 Å². The molecule has 1 amide bonds. The van der Waals surface area contributed by atoms with Crippen molar-refractivity contribution >= 4 is 17.4 Å². The van der Waals surface area contributed by atoms with Crippen LogP contribution in [0, 0.1) is 5.82 Å². The Balaban J connectivity index is 1.61. The highest BCUT2D eigenvalue weighted by atomic mass is 19.3. The van der Waals surface area contributed by atoms with Gasteiger partial charge in [0.2, 0.25) is 6.41 Å². The number of carbonyl (C=O) groups excluding carboxylic acids is 1. The number of aromatic nitrogens is 3. The van der Waals surface area contributed by atoms with Gasteiger partial charge in [-0.25, -0.2) is 13.2 Å². The van der Waals surface area contributed by atoms with Gasteiger partial charge in [-0.3, -0.25) is 14.5 Å². The molecule has 2 aromatic heterocycles. The van der Waals surface area contributed by atoms with Crippen molar-refractivity contribution in [2.45, 2.75) is 38.0 Å². The van der Waals surface area contributed by atoms with Crippen molar-refractivity contribution in [1.82, 2.24) is 19.7 Å². The zero-order valence-electron chi connectivity index (χ0n) is 16.3. The lowest BCUT2D eigenvalue weighted by atomic mass is 10.0. The first-order valence-electron chi connectivity index (χ1n) is 9.63. The highest BCUT2D eigenvalue weighted by Crippen LogP contribution is 2.29. The lowest BCUT2D eigenvalue weighted by Gasteiger charge is -2.23. The highest BCUT2D eigenvalue weighted by Gasteiger charge is 2.30. The molecule has 9 heteroatoms. The first kappa shape index (κ1) is 20.3. The van der Waals surface area contributed by atoms with Crippen LogP contribution >= 0.6 is 0 Å². The number of nitrogens with zero attached hydrogens (tertiary/aromatic N) is 4. The Morgan fingerprint density at radius 3 is 2.73 bits per heavy atom. The predicted molar refractivity (Wildman–Crippen MR) is 104 cm³/mol. The molecular formula is C21H21F3N4O2. The molecule has 1 unspecified atom stereocenters.